The van der Waals surface area contributed by atoms with E-state index < -0.39 is 5.91 Å². The quantitative estimate of drug-likeness (QED) is 0.631. The van der Waals surface area contributed by atoms with Crippen LogP contribution in [0.5, 0.6) is 0 Å². The molecule has 0 radical (unpaired) electrons. The highest BCUT2D eigenvalue weighted by Gasteiger charge is 2.23. The Kier molecular flexibility index (Phi) is 7.80. The van der Waals surface area contributed by atoms with Gasteiger partial charge in [-0.15, -0.1) is 0 Å². The van der Waals surface area contributed by atoms with Gasteiger partial charge in [-0.05, 0) is 71.8 Å². The van der Waals surface area contributed by atoms with Crippen molar-refractivity contribution in [3.63, 3.8) is 0 Å². The number of benzene rings is 1. The molecule has 0 bridgehead atoms. The molecular formula is C23H28BrN3O2. The first kappa shape index (κ1) is 22.9. The molecule has 1 amide bonds. The normalized spacial score (nSPS) is 10.7. The second kappa shape index (κ2) is 9.89. The van der Waals surface area contributed by atoms with Gasteiger partial charge in [0.15, 0.2) is 0 Å². The van der Waals surface area contributed by atoms with Crippen molar-refractivity contribution >= 4 is 27.5 Å². The molecule has 0 atom stereocenters. The number of nitriles is 1. The minimum absolute atomic E-state index is 0.187. The highest BCUT2D eigenvalue weighted by Crippen LogP contribution is 2.26. The number of rotatable bonds is 7. The van der Waals surface area contributed by atoms with Crippen molar-refractivity contribution < 1.29 is 4.79 Å². The summed E-state index contributed by atoms with van der Waals surface area (Å²) in [5.74, 6) is -0.397. The first-order valence-corrected chi connectivity index (χ1v) is 10.8. The molecule has 1 aromatic carbocycles. The minimum Gasteiger partial charge on any atom is -0.350 e. The number of hydrogen-bond acceptors (Lipinski definition) is 3. The molecule has 0 fully saturated rings. The summed E-state index contributed by atoms with van der Waals surface area (Å²) < 4.78 is 2.34. The smallest absolute Gasteiger partial charge is 0.261 e. The topological polar surface area (TPSA) is 74.9 Å². The third-order valence-corrected chi connectivity index (χ3v) is 6.30. The lowest BCUT2D eigenvalue weighted by molar-refractivity contribution is 0.102. The number of halogens is 1. The lowest BCUT2D eigenvalue weighted by Crippen LogP contribution is -2.29. The van der Waals surface area contributed by atoms with Crippen LogP contribution < -0.4 is 10.7 Å². The molecule has 0 spiro atoms. The summed E-state index contributed by atoms with van der Waals surface area (Å²) in [7, 11) is 1.89. The zero-order valence-corrected chi connectivity index (χ0v) is 19.4. The lowest BCUT2D eigenvalue weighted by Gasteiger charge is -2.20. The first-order valence-electron chi connectivity index (χ1n) is 10.1. The van der Waals surface area contributed by atoms with Crippen LogP contribution in [0.15, 0.2) is 21.4 Å². The Bertz CT molecular complexity index is 1010. The standard InChI is InChI=1S/C23H28BrN3O2/c1-6-9-10-18-19(22(28)20(24)14(4)27(18)5)23(29)26-21-16(7-2)11-15(13-25)12-17(21)8-3/h11-12H,6-10H2,1-5H3,(H,26,29). The summed E-state index contributed by atoms with van der Waals surface area (Å²) in [6.07, 6.45) is 3.88. The highest BCUT2D eigenvalue weighted by molar-refractivity contribution is 9.10. The third-order valence-electron chi connectivity index (χ3n) is 5.37. The van der Waals surface area contributed by atoms with Crippen molar-refractivity contribution in [1.29, 1.82) is 5.26 Å². The van der Waals surface area contributed by atoms with E-state index in [0.717, 1.165) is 35.4 Å². The molecule has 2 rings (SSSR count). The molecule has 1 heterocycles. The Morgan fingerprint density at radius 2 is 1.79 bits per heavy atom. The second-order valence-electron chi connectivity index (χ2n) is 7.16. The van der Waals surface area contributed by atoms with Crippen LogP contribution in [0.2, 0.25) is 0 Å². The maximum absolute atomic E-state index is 13.3. The van der Waals surface area contributed by atoms with Crippen LogP contribution in [0.4, 0.5) is 5.69 Å². The Hall–Kier alpha value is -2.39. The average Bonchev–Trinajstić information content (AvgIpc) is 2.73. The number of amides is 1. The van der Waals surface area contributed by atoms with Gasteiger partial charge in [-0.3, -0.25) is 9.59 Å². The fraction of sp³-hybridized carbons (Fsp3) is 0.435. The van der Waals surface area contributed by atoms with Crippen LogP contribution in [0.3, 0.4) is 0 Å². The van der Waals surface area contributed by atoms with E-state index in [4.69, 9.17) is 0 Å². The Balaban J connectivity index is 2.63. The van der Waals surface area contributed by atoms with Crippen LogP contribution in [-0.4, -0.2) is 10.5 Å². The Morgan fingerprint density at radius 1 is 1.21 bits per heavy atom. The molecule has 0 aliphatic heterocycles. The monoisotopic (exact) mass is 457 g/mol. The van der Waals surface area contributed by atoms with Crippen LogP contribution in [-0.2, 0) is 26.3 Å². The number of anilines is 1. The summed E-state index contributed by atoms with van der Waals surface area (Å²) in [5, 5.41) is 12.3. The first-order chi connectivity index (χ1) is 13.8. The molecule has 6 heteroatoms. The molecule has 0 aliphatic rings. The number of carbonyl (C=O) groups is 1. The van der Waals surface area contributed by atoms with Crippen LogP contribution in [0.25, 0.3) is 0 Å². The van der Waals surface area contributed by atoms with E-state index in [0.29, 0.717) is 35.0 Å². The molecule has 0 unspecified atom stereocenters. The van der Waals surface area contributed by atoms with Crippen molar-refractivity contribution in [2.75, 3.05) is 5.32 Å². The fourth-order valence-corrected chi connectivity index (χ4v) is 3.98. The summed E-state index contributed by atoms with van der Waals surface area (Å²) >= 11 is 3.36. The van der Waals surface area contributed by atoms with E-state index in [9.17, 15) is 14.9 Å². The highest BCUT2D eigenvalue weighted by atomic mass is 79.9. The Labute approximate surface area is 180 Å². The molecule has 154 valence electrons. The number of hydrogen-bond donors (Lipinski definition) is 1. The van der Waals surface area contributed by atoms with E-state index in [2.05, 4.69) is 34.2 Å². The predicted octanol–water partition coefficient (Wildman–Crippen LogP) is 5.05. The van der Waals surface area contributed by atoms with Crippen LogP contribution >= 0.6 is 15.9 Å². The van der Waals surface area contributed by atoms with Gasteiger partial charge in [-0.2, -0.15) is 5.26 Å². The summed E-state index contributed by atoms with van der Waals surface area (Å²) in [6.45, 7) is 7.93. The van der Waals surface area contributed by atoms with Gasteiger partial charge in [0, 0.05) is 24.1 Å². The van der Waals surface area contributed by atoms with Crippen molar-refractivity contribution in [2.24, 2.45) is 7.05 Å². The van der Waals surface area contributed by atoms with Crippen LogP contribution in [0, 0.1) is 18.3 Å². The van der Waals surface area contributed by atoms with Crippen molar-refractivity contribution in [2.45, 2.75) is 59.8 Å². The number of nitrogens with one attached hydrogen (secondary N) is 1. The van der Waals surface area contributed by atoms with E-state index >= 15 is 0 Å². The van der Waals surface area contributed by atoms with E-state index in [1.165, 1.54) is 0 Å². The molecule has 2 aromatic rings. The number of carbonyl (C=O) groups excluding carboxylic acids is 1. The summed E-state index contributed by atoms with van der Waals surface area (Å²) in [5.41, 5.74) is 4.54. The van der Waals surface area contributed by atoms with Crippen molar-refractivity contribution in [3.05, 3.63) is 60.5 Å². The van der Waals surface area contributed by atoms with Gasteiger partial charge in [0.05, 0.1) is 16.1 Å². The molecule has 0 saturated heterocycles. The van der Waals surface area contributed by atoms with Crippen molar-refractivity contribution in [1.82, 2.24) is 4.57 Å². The van der Waals surface area contributed by atoms with Gasteiger partial charge in [0.1, 0.15) is 5.56 Å². The summed E-state index contributed by atoms with van der Waals surface area (Å²) in [4.78, 5) is 26.3. The van der Waals surface area contributed by atoms with Gasteiger partial charge in [-0.1, -0.05) is 27.2 Å². The number of aromatic nitrogens is 1. The number of aryl methyl sites for hydroxylation is 2. The van der Waals surface area contributed by atoms with Gasteiger partial charge >= 0.3 is 0 Å². The second-order valence-corrected chi connectivity index (χ2v) is 7.95. The van der Waals surface area contributed by atoms with E-state index in [1.807, 2.05) is 32.4 Å². The van der Waals surface area contributed by atoms with Crippen molar-refractivity contribution in [3.8, 4) is 6.07 Å². The summed E-state index contributed by atoms with van der Waals surface area (Å²) in [6, 6.07) is 5.78. The molecule has 0 saturated carbocycles. The van der Waals surface area contributed by atoms with Crippen LogP contribution in [0.1, 0.15) is 72.0 Å². The fourth-order valence-electron chi connectivity index (χ4n) is 3.52. The maximum Gasteiger partial charge on any atom is 0.261 e. The molecule has 0 aliphatic carbocycles. The van der Waals surface area contributed by atoms with Gasteiger partial charge in [0.25, 0.3) is 5.91 Å². The largest absolute Gasteiger partial charge is 0.350 e. The average molecular weight is 458 g/mol. The molecule has 29 heavy (non-hydrogen) atoms. The third kappa shape index (κ3) is 4.62. The molecule has 5 nitrogen and oxygen atoms in total. The lowest BCUT2D eigenvalue weighted by atomic mass is 9.98. The van der Waals surface area contributed by atoms with E-state index in [-0.39, 0.29) is 11.0 Å². The number of unbranched alkanes of at least 4 members (excludes halogenated alkanes) is 1. The molecule has 1 N–H and O–H groups in total. The van der Waals surface area contributed by atoms with E-state index in [1.54, 1.807) is 12.1 Å². The van der Waals surface area contributed by atoms with Gasteiger partial charge in [0.2, 0.25) is 5.43 Å². The van der Waals surface area contributed by atoms with Gasteiger partial charge < -0.3 is 9.88 Å². The maximum atomic E-state index is 13.3. The number of pyridine rings is 1. The zero-order valence-electron chi connectivity index (χ0n) is 17.8. The Morgan fingerprint density at radius 3 is 2.28 bits per heavy atom. The molecule has 1 aromatic heterocycles. The minimum atomic E-state index is -0.397. The predicted molar refractivity (Wildman–Crippen MR) is 121 cm³/mol. The number of nitrogens with zero attached hydrogens (tertiary/aromatic N) is 2. The SMILES string of the molecule is CCCCc1c(C(=O)Nc2c(CC)cc(C#N)cc2CC)c(=O)c(Br)c(C)n1C. The van der Waals surface area contributed by atoms with Gasteiger partial charge in [-0.25, -0.2) is 0 Å². The zero-order chi connectivity index (χ0) is 21.7. The molecular weight excluding hydrogens is 430 g/mol.